The fourth-order valence-corrected chi connectivity index (χ4v) is 1.41. The molecule has 0 radical (unpaired) electrons. The number of rotatable bonds is 5. The summed E-state index contributed by atoms with van der Waals surface area (Å²) < 4.78 is 0. The van der Waals surface area contributed by atoms with Gasteiger partial charge in [0, 0.05) is 11.8 Å². The van der Waals surface area contributed by atoms with Crippen LogP contribution in [0.15, 0.2) is 10.9 Å². The first kappa shape index (κ1) is 11.9. The molecule has 1 aromatic rings. The molecule has 1 aromatic heterocycles. The summed E-state index contributed by atoms with van der Waals surface area (Å²) in [6, 6.07) is 1.58. The van der Waals surface area contributed by atoms with Gasteiger partial charge in [-0.1, -0.05) is 20.8 Å². The standard InChI is InChI=1S/C11H19N3O/c1-4-12-7-10-13-9(5-8(2)3)6-11(15)14-10/h6,8,12H,4-5,7H2,1-3H3,(H,13,14,15). The van der Waals surface area contributed by atoms with Gasteiger partial charge in [0.05, 0.1) is 6.54 Å². The Morgan fingerprint density at radius 2 is 2.27 bits per heavy atom. The molecule has 0 saturated heterocycles. The van der Waals surface area contributed by atoms with Gasteiger partial charge in [-0.05, 0) is 18.9 Å². The molecular formula is C11H19N3O. The molecule has 0 fully saturated rings. The molecule has 0 aliphatic heterocycles. The molecule has 2 N–H and O–H groups in total. The molecule has 0 spiro atoms. The number of hydrogen-bond acceptors (Lipinski definition) is 3. The van der Waals surface area contributed by atoms with Crippen molar-refractivity contribution in [2.24, 2.45) is 5.92 Å². The van der Waals surface area contributed by atoms with Crippen molar-refractivity contribution in [2.75, 3.05) is 6.54 Å². The molecule has 0 unspecified atom stereocenters. The predicted octanol–water partition coefficient (Wildman–Crippen LogP) is 1.08. The van der Waals surface area contributed by atoms with Crippen molar-refractivity contribution in [1.82, 2.24) is 15.3 Å². The SMILES string of the molecule is CCNCc1nc(CC(C)C)cc(=O)[nH]1. The average Bonchev–Trinajstić information content (AvgIpc) is 2.12. The minimum atomic E-state index is -0.0615. The molecule has 0 aliphatic carbocycles. The van der Waals surface area contributed by atoms with E-state index in [1.54, 1.807) is 6.07 Å². The lowest BCUT2D eigenvalue weighted by Gasteiger charge is -2.06. The van der Waals surface area contributed by atoms with Crippen molar-refractivity contribution in [1.29, 1.82) is 0 Å². The van der Waals surface area contributed by atoms with Crippen LogP contribution in [0.2, 0.25) is 0 Å². The van der Waals surface area contributed by atoms with Crippen molar-refractivity contribution in [3.63, 3.8) is 0 Å². The molecule has 0 bridgehead atoms. The van der Waals surface area contributed by atoms with Crippen molar-refractivity contribution in [3.8, 4) is 0 Å². The zero-order valence-electron chi connectivity index (χ0n) is 9.63. The summed E-state index contributed by atoms with van der Waals surface area (Å²) in [5, 5.41) is 3.14. The third-order valence-corrected chi connectivity index (χ3v) is 2.00. The van der Waals surface area contributed by atoms with E-state index in [-0.39, 0.29) is 5.56 Å². The summed E-state index contributed by atoms with van der Waals surface area (Å²) in [5.41, 5.74) is 0.815. The largest absolute Gasteiger partial charge is 0.310 e. The van der Waals surface area contributed by atoms with Crippen LogP contribution in [0, 0.1) is 5.92 Å². The summed E-state index contributed by atoms with van der Waals surface area (Å²) in [7, 11) is 0. The van der Waals surface area contributed by atoms with Crippen LogP contribution in [0.3, 0.4) is 0 Å². The topological polar surface area (TPSA) is 57.8 Å². The minimum absolute atomic E-state index is 0.0615. The molecule has 4 heteroatoms. The molecule has 0 amide bonds. The first-order valence-corrected chi connectivity index (χ1v) is 5.41. The Bertz CT molecular complexity index is 357. The van der Waals surface area contributed by atoms with Gasteiger partial charge in [-0.2, -0.15) is 0 Å². The fourth-order valence-electron chi connectivity index (χ4n) is 1.41. The molecule has 0 atom stereocenters. The van der Waals surface area contributed by atoms with Gasteiger partial charge in [0.2, 0.25) is 0 Å². The van der Waals surface area contributed by atoms with Crippen molar-refractivity contribution in [2.45, 2.75) is 33.7 Å². The Morgan fingerprint density at radius 1 is 1.53 bits per heavy atom. The number of hydrogen-bond donors (Lipinski definition) is 2. The van der Waals surface area contributed by atoms with Gasteiger partial charge in [0.1, 0.15) is 5.82 Å². The van der Waals surface area contributed by atoms with Crippen LogP contribution in [0.25, 0.3) is 0 Å². The van der Waals surface area contributed by atoms with Crippen LogP contribution in [-0.4, -0.2) is 16.5 Å². The maximum atomic E-state index is 11.3. The number of nitrogens with one attached hydrogen (secondary N) is 2. The molecule has 0 aliphatic rings. The summed E-state index contributed by atoms with van der Waals surface area (Å²) in [5.74, 6) is 1.24. The first-order valence-electron chi connectivity index (χ1n) is 5.41. The van der Waals surface area contributed by atoms with E-state index in [0.29, 0.717) is 12.5 Å². The van der Waals surface area contributed by atoms with E-state index in [1.807, 2.05) is 6.92 Å². The first-order chi connectivity index (χ1) is 7.11. The van der Waals surface area contributed by atoms with Gasteiger partial charge in [0.25, 0.3) is 5.56 Å². The van der Waals surface area contributed by atoms with Gasteiger partial charge in [-0.15, -0.1) is 0 Å². The Labute approximate surface area is 90.1 Å². The summed E-state index contributed by atoms with van der Waals surface area (Å²) in [6.45, 7) is 7.76. The van der Waals surface area contributed by atoms with Crippen LogP contribution < -0.4 is 10.9 Å². The van der Waals surface area contributed by atoms with Crippen molar-refractivity contribution < 1.29 is 0 Å². The summed E-state index contributed by atoms with van der Waals surface area (Å²) in [4.78, 5) is 18.5. The fraction of sp³-hybridized carbons (Fsp3) is 0.636. The lowest BCUT2D eigenvalue weighted by Crippen LogP contribution is -2.20. The van der Waals surface area contributed by atoms with Gasteiger partial charge < -0.3 is 10.3 Å². The van der Waals surface area contributed by atoms with Gasteiger partial charge in [-0.3, -0.25) is 4.79 Å². The van der Waals surface area contributed by atoms with E-state index in [1.165, 1.54) is 0 Å². The number of aromatic nitrogens is 2. The predicted molar refractivity (Wildman–Crippen MR) is 60.8 cm³/mol. The second-order valence-electron chi connectivity index (χ2n) is 4.06. The maximum Gasteiger partial charge on any atom is 0.251 e. The number of aromatic amines is 1. The zero-order valence-corrected chi connectivity index (χ0v) is 9.63. The molecule has 4 nitrogen and oxygen atoms in total. The Balaban J connectivity index is 2.80. The van der Waals surface area contributed by atoms with E-state index in [0.717, 1.165) is 24.5 Å². The lowest BCUT2D eigenvalue weighted by atomic mass is 10.1. The normalized spacial score (nSPS) is 10.9. The zero-order chi connectivity index (χ0) is 11.3. The highest BCUT2D eigenvalue weighted by molar-refractivity contribution is 5.03. The van der Waals surface area contributed by atoms with Crippen molar-refractivity contribution in [3.05, 3.63) is 27.9 Å². The molecule has 0 saturated carbocycles. The quantitative estimate of drug-likeness (QED) is 0.763. The number of H-pyrrole nitrogens is 1. The average molecular weight is 209 g/mol. The third kappa shape index (κ3) is 4.25. The summed E-state index contributed by atoms with van der Waals surface area (Å²) in [6.07, 6.45) is 0.850. The second kappa shape index (κ2) is 5.66. The van der Waals surface area contributed by atoms with E-state index >= 15 is 0 Å². The van der Waals surface area contributed by atoms with Crippen LogP contribution in [0.5, 0.6) is 0 Å². The lowest BCUT2D eigenvalue weighted by molar-refractivity contribution is 0.620. The van der Waals surface area contributed by atoms with Crippen LogP contribution >= 0.6 is 0 Å². The van der Waals surface area contributed by atoms with Crippen LogP contribution in [0.1, 0.15) is 32.3 Å². The van der Waals surface area contributed by atoms with Crippen molar-refractivity contribution >= 4 is 0 Å². The van der Waals surface area contributed by atoms with Gasteiger partial charge in [0.15, 0.2) is 0 Å². The minimum Gasteiger partial charge on any atom is -0.310 e. The monoisotopic (exact) mass is 209 g/mol. The highest BCUT2D eigenvalue weighted by atomic mass is 16.1. The van der Waals surface area contributed by atoms with Crippen LogP contribution in [-0.2, 0) is 13.0 Å². The number of nitrogens with zero attached hydrogens (tertiary/aromatic N) is 1. The van der Waals surface area contributed by atoms with Gasteiger partial charge >= 0.3 is 0 Å². The van der Waals surface area contributed by atoms with E-state index in [4.69, 9.17) is 0 Å². The van der Waals surface area contributed by atoms with Gasteiger partial charge in [-0.25, -0.2) is 4.98 Å². The third-order valence-electron chi connectivity index (χ3n) is 2.00. The van der Waals surface area contributed by atoms with E-state index in [9.17, 15) is 4.79 Å². The molecular weight excluding hydrogens is 190 g/mol. The highest BCUT2D eigenvalue weighted by Crippen LogP contribution is 2.02. The Hall–Kier alpha value is -1.16. The molecule has 15 heavy (non-hydrogen) atoms. The second-order valence-corrected chi connectivity index (χ2v) is 4.06. The molecule has 1 heterocycles. The van der Waals surface area contributed by atoms with E-state index in [2.05, 4.69) is 29.1 Å². The maximum absolute atomic E-state index is 11.3. The highest BCUT2D eigenvalue weighted by Gasteiger charge is 2.03. The van der Waals surface area contributed by atoms with E-state index < -0.39 is 0 Å². The Kier molecular flexibility index (Phi) is 4.49. The molecule has 0 aromatic carbocycles. The summed E-state index contributed by atoms with van der Waals surface area (Å²) >= 11 is 0. The smallest absolute Gasteiger partial charge is 0.251 e. The molecule has 1 rings (SSSR count). The Morgan fingerprint density at radius 3 is 2.87 bits per heavy atom. The van der Waals surface area contributed by atoms with Crippen LogP contribution in [0.4, 0.5) is 0 Å². The molecule has 84 valence electrons.